The first-order valence-electron chi connectivity index (χ1n) is 7.84. The van der Waals surface area contributed by atoms with E-state index in [2.05, 4.69) is 0 Å². The van der Waals surface area contributed by atoms with Crippen molar-refractivity contribution in [2.75, 3.05) is 45.3 Å². The van der Waals surface area contributed by atoms with E-state index >= 15 is 0 Å². The zero-order chi connectivity index (χ0) is 18.6. The Bertz CT molecular complexity index is 670. The van der Waals surface area contributed by atoms with E-state index in [0.29, 0.717) is 32.0 Å². The predicted octanol–water partition coefficient (Wildman–Crippen LogP) is 1.06. The van der Waals surface area contributed by atoms with Crippen molar-refractivity contribution in [2.24, 2.45) is 0 Å². The first-order valence-corrected chi connectivity index (χ1v) is 7.84. The molecule has 2 rings (SSSR count). The van der Waals surface area contributed by atoms with Crippen LogP contribution in [0, 0.1) is 10.1 Å². The minimum absolute atomic E-state index is 0.0297. The van der Waals surface area contributed by atoms with E-state index in [1.807, 2.05) is 4.90 Å². The molecule has 0 spiro atoms. The van der Waals surface area contributed by atoms with Gasteiger partial charge >= 0.3 is 5.97 Å². The molecule has 1 atom stereocenters. The van der Waals surface area contributed by atoms with E-state index in [1.165, 1.54) is 30.0 Å². The summed E-state index contributed by atoms with van der Waals surface area (Å²) in [6, 6.07) is 4.17. The molecule has 0 radical (unpaired) electrons. The number of rotatable bonds is 5. The Morgan fingerprint density at radius 1 is 1.32 bits per heavy atom. The minimum atomic E-state index is -0.972. The Hall–Kier alpha value is -2.68. The summed E-state index contributed by atoms with van der Waals surface area (Å²) in [5.74, 6) is -1.15. The first-order chi connectivity index (χ1) is 11.8. The molecule has 1 heterocycles. The maximum absolute atomic E-state index is 12.2. The average Bonchev–Trinajstić information content (AvgIpc) is 2.60. The molecule has 0 unspecified atom stereocenters. The fourth-order valence-corrected chi connectivity index (χ4v) is 2.51. The van der Waals surface area contributed by atoms with Crippen LogP contribution in [0.1, 0.15) is 17.3 Å². The molecule has 1 fully saturated rings. The van der Waals surface area contributed by atoms with Gasteiger partial charge in [0.25, 0.3) is 11.6 Å². The normalized spacial score (nSPS) is 15.4. The highest BCUT2D eigenvalue weighted by atomic mass is 16.6. The van der Waals surface area contributed by atoms with Crippen LogP contribution in [-0.2, 0) is 14.3 Å². The van der Waals surface area contributed by atoms with E-state index in [1.54, 1.807) is 14.1 Å². The molecule has 1 amide bonds. The highest BCUT2D eigenvalue weighted by Crippen LogP contribution is 2.30. The van der Waals surface area contributed by atoms with Gasteiger partial charge in [0.1, 0.15) is 5.69 Å². The second kappa shape index (κ2) is 7.93. The van der Waals surface area contributed by atoms with Gasteiger partial charge in [-0.15, -0.1) is 0 Å². The summed E-state index contributed by atoms with van der Waals surface area (Å²) in [5.41, 5.74) is 0.285. The molecule has 25 heavy (non-hydrogen) atoms. The number of nitro benzene ring substituents is 1. The molecule has 0 bridgehead atoms. The first kappa shape index (κ1) is 18.7. The largest absolute Gasteiger partial charge is 0.449 e. The van der Waals surface area contributed by atoms with Crippen molar-refractivity contribution in [1.29, 1.82) is 0 Å². The van der Waals surface area contributed by atoms with Gasteiger partial charge < -0.3 is 19.3 Å². The third-order valence-electron chi connectivity index (χ3n) is 3.83. The lowest BCUT2D eigenvalue weighted by Gasteiger charge is -2.28. The van der Waals surface area contributed by atoms with Crippen LogP contribution in [0.3, 0.4) is 0 Å². The molecule has 1 aromatic rings. The molecule has 0 aliphatic carbocycles. The molecule has 0 aromatic heterocycles. The molecule has 136 valence electrons. The summed E-state index contributed by atoms with van der Waals surface area (Å²) in [6.07, 6.45) is -0.972. The van der Waals surface area contributed by atoms with Crippen molar-refractivity contribution in [3.05, 3.63) is 33.9 Å². The Labute approximate surface area is 145 Å². The fourth-order valence-electron chi connectivity index (χ4n) is 2.51. The average molecular weight is 351 g/mol. The number of morpholine rings is 1. The molecule has 1 aliphatic heterocycles. The third-order valence-corrected chi connectivity index (χ3v) is 3.83. The summed E-state index contributed by atoms with van der Waals surface area (Å²) < 4.78 is 10.3. The monoisotopic (exact) mass is 351 g/mol. The topological polar surface area (TPSA) is 102 Å². The number of nitro groups is 1. The Balaban J connectivity index is 2.21. The van der Waals surface area contributed by atoms with Gasteiger partial charge in [0.05, 0.1) is 23.7 Å². The van der Waals surface area contributed by atoms with Gasteiger partial charge in [0.2, 0.25) is 0 Å². The second-order valence-electron chi connectivity index (χ2n) is 5.84. The SMILES string of the molecule is C[C@@H](OC(=O)c1ccc(N2CCOCC2)c([N+](=O)[O-])c1)C(=O)N(C)C. The third kappa shape index (κ3) is 4.44. The van der Waals surface area contributed by atoms with Gasteiger partial charge in [-0.3, -0.25) is 14.9 Å². The van der Waals surface area contributed by atoms with Gasteiger partial charge in [0, 0.05) is 33.3 Å². The van der Waals surface area contributed by atoms with Crippen LogP contribution in [0.5, 0.6) is 0 Å². The number of hydrogen-bond acceptors (Lipinski definition) is 7. The number of ether oxygens (including phenoxy) is 2. The zero-order valence-electron chi connectivity index (χ0n) is 14.4. The van der Waals surface area contributed by atoms with Crippen LogP contribution in [0.4, 0.5) is 11.4 Å². The number of carbonyl (C=O) groups is 2. The zero-order valence-corrected chi connectivity index (χ0v) is 14.4. The maximum atomic E-state index is 12.2. The van der Waals surface area contributed by atoms with Crippen molar-refractivity contribution in [2.45, 2.75) is 13.0 Å². The van der Waals surface area contributed by atoms with E-state index in [9.17, 15) is 19.7 Å². The highest BCUT2D eigenvalue weighted by Gasteiger charge is 2.25. The van der Waals surface area contributed by atoms with Crippen molar-refractivity contribution in [3.63, 3.8) is 0 Å². The molecule has 1 aliphatic rings. The highest BCUT2D eigenvalue weighted by molar-refractivity contribution is 5.93. The van der Waals surface area contributed by atoms with Gasteiger partial charge in [0.15, 0.2) is 6.10 Å². The predicted molar refractivity (Wildman–Crippen MR) is 89.7 cm³/mol. The van der Waals surface area contributed by atoms with Crippen molar-refractivity contribution >= 4 is 23.3 Å². The molecule has 9 nitrogen and oxygen atoms in total. The molecular weight excluding hydrogens is 330 g/mol. The van der Waals surface area contributed by atoms with Crippen molar-refractivity contribution < 1.29 is 24.0 Å². The van der Waals surface area contributed by atoms with Crippen LogP contribution in [0.25, 0.3) is 0 Å². The summed E-state index contributed by atoms with van der Waals surface area (Å²) >= 11 is 0. The number of likely N-dealkylation sites (N-methyl/N-ethyl adjacent to an activating group) is 1. The number of anilines is 1. The Morgan fingerprint density at radius 3 is 2.52 bits per heavy atom. The molecular formula is C16H21N3O6. The van der Waals surface area contributed by atoms with Crippen LogP contribution < -0.4 is 4.90 Å². The van der Waals surface area contributed by atoms with E-state index in [0.717, 1.165) is 0 Å². The van der Waals surface area contributed by atoms with Gasteiger partial charge in [-0.25, -0.2) is 4.79 Å². The molecule has 0 N–H and O–H groups in total. The van der Waals surface area contributed by atoms with Crippen molar-refractivity contribution in [1.82, 2.24) is 4.90 Å². The van der Waals surface area contributed by atoms with Gasteiger partial charge in [-0.2, -0.15) is 0 Å². The number of benzene rings is 1. The van der Waals surface area contributed by atoms with E-state index < -0.39 is 17.0 Å². The number of amides is 1. The maximum Gasteiger partial charge on any atom is 0.339 e. The number of carbonyl (C=O) groups excluding carboxylic acids is 2. The Kier molecular flexibility index (Phi) is 5.92. The van der Waals surface area contributed by atoms with Crippen molar-refractivity contribution in [3.8, 4) is 0 Å². The molecule has 1 saturated heterocycles. The lowest BCUT2D eigenvalue weighted by atomic mass is 10.1. The summed E-state index contributed by atoms with van der Waals surface area (Å²) in [4.78, 5) is 38.0. The smallest absolute Gasteiger partial charge is 0.339 e. The van der Waals surface area contributed by atoms with Crippen LogP contribution in [0.15, 0.2) is 18.2 Å². The summed E-state index contributed by atoms with van der Waals surface area (Å²) in [7, 11) is 3.10. The van der Waals surface area contributed by atoms with Gasteiger partial charge in [-0.1, -0.05) is 0 Å². The Morgan fingerprint density at radius 2 is 1.96 bits per heavy atom. The van der Waals surface area contributed by atoms with E-state index in [4.69, 9.17) is 9.47 Å². The number of nitrogens with zero attached hydrogens (tertiary/aromatic N) is 3. The van der Waals surface area contributed by atoms with Gasteiger partial charge in [-0.05, 0) is 19.1 Å². The minimum Gasteiger partial charge on any atom is -0.449 e. The summed E-state index contributed by atoms with van der Waals surface area (Å²) in [6.45, 7) is 3.52. The van der Waals surface area contributed by atoms with Crippen LogP contribution >= 0.6 is 0 Å². The molecule has 1 aromatic carbocycles. The fraction of sp³-hybridized carbons (Fsp3) is 0.500. The number of hydrogen-bond donors (Lipinski definition) is 0. The standard InChI is InChI=1S/C16H21N3O6/c1-11(15(20)17(2)3)25-16(21)12-4-5-13(14(10-12)19(22)23)18-6-8-24-9-7-18/h4-5,10-11H,6-9H2,1-3H3/t11-/m1/s1. The molecule has 9 heteroatoms. The number of esters is 1. The van der Waals surface area contributed by atoms with E-state index in [-0.39, 0.29) is 17.2 Å². The summed E-state index contributed by atoms with van der Waals surface area (Å²) in [5, 5.41) is 11.4. The lowest BCUT2D eigenvalue weighted by Crippen LogP contribution is -2.36. The van der Waals surface area contributed by atoms with Crippen LogP contribution in [0.2, 0.25) is 0 Å². The van der Waals surface area contributed by atoms with Crippen LogP contribution in [-0.4, -0.2) is 68.2 Å². The molecule has 0 saturated carbocycles. The quantitative estimate of drug-likeness (QED) is 0.444. The second-order valence-corrected chi connectivity index (χ2v) is 5.84. The lowest BCUT2D eigenvalue weighted by molar-refractivity contribution is -0.384.